The van der Waals surface area contributed by atoms with E-state index in [1.807, 2.05) is 26.5 Å². The first-order valence-corrected chi connectivity index (χ1v) is 6.51. The lowest BCUT2D eigenvalue weighted by atomic mass is 10.1. The average molecular weight is 250 g/mol. The standard InChI is InChI=1S/C12H18N4S/c1-8-12(17-9(2)15-8)10(13-3)7-11-14-5-6-16(11)4/h5-6,10,13H,7H2,1-4H3. The van der Waals surface area contributed by atoms with Crippen molar-refractivity contribution >= 4 is 11.3 Å². The van der Waals surface area contributed by atoms with Crippen LogP contribution in [0.3, 0.4) is 0 Å². The average Bonchev–Trinajstić information content (AvgIpc) is 2.82. The van der Waals surface area contributed by atoms with Crippen LogP contribution in [0.5, 0.6) is 0 Å². The van der Waals surface area contributed by atoms with Crippen LogP contribution in [0.25, 0.3) is 0 Å². The largest absolute Gasteiger partial charge is 0.338 e. The minimum atomic E-state index is 0.294. The Morgan fingerprint density at radius 2 is 2.24 bits per heavy atom. The van der Waals surface area contributed by atoms with Crippen LogP contribution in [0.2, 0.25) is 0 Å². The van der Waals surface area contributed by atoms with Gasteiger partial charge in [0.05, 0.1) is 16.7 Å². The lowest BCUT2D eigenvalue weighted by Crippen LogP contribution is -2.20. The Morgan fingerprint density at radius 3 is 2.71 bits per heavy atom. The normalized spacial score (nSPS) is 12.9. The van der Waals surface area contributed by atoms with E-state index in [9.17, 15) is 0 Å². The van der Waals surface area contributed by atoms with Gasteiger partial charge in [-0.3, -0.25) is 0 Å². The summed E-state index contributed by atoms with van der Waals surface area (Å²) in [4.78, 5) is 10.2. The van der Waals surface area contributed by atoms with Gasteiger partial charge in [-0.15, -0.1) is 11.3 Å². The number of likely N-dealkylation sites (N-methyl/N-ethyl adjacent to an activating group) is 1. The molecule has 0 amide bonds. The maximum atomic E-state index is 4.48. The first-order chi connectivity index (χ1) is 8.11. The second-order valence-corrected chi connectivity index (χ2v) is 5.42. The highest BCUT2D eigenvalue weighted by Crippen LogP contribution is 2.26. The first-order valence-electron chi connectivity index (χ1n) is 5.69. The summed E-state index contributed by atoms with van der Waals surface area (Å²) in [7, 11) is 4.02. The van der Waals surface area contributed by atoms with Gasteiger partial charge in [-0.2, -0.15) is 0 Å². The van der Waals surface area contributed by atoms with Crippen molar-refractivity contribution in [2.75, 3.05) is 7.05 Å². The molecule has 2 rings (SSSR count). The molecule has 2 aromatic rings. The summed E-state index contributed by atoms with van der Waals surface area (Å²) < 4.78 is 2.06. The van der Waals surface area contributed by atoms with Crippen molar-refractivity contribution in [3.8, 4) is 0 Å². The number of rotatable bonds is 4. The molecule has 1 atom stereocenters. The van der Waals surface area contributed by atoms with Gasteiger partial charge in [0.1, 0.15) is 5.82 Å². The maximum absolute atomic E-state index is 4.48. The van der Waals surface area contributed by atoms with E-state index in [-0.39, 0.29) is 0 Å². The molecule has 0 aromatic carbocycles. The van der Waals surface area contributed by atoms with Crippen LogP contribution in [-0.4, -0.2) is 21.6 Å². The van der Waals surface area contributed by atoms with Gasteiger partial charge >= 0.3 is 0 Å². The Hall–Kier alpha value is -1.20. The smallest absolute Gasteiger partial charge is 0.110 e. The number of aromatic nitrogens is 3. The van der Waals surface area contributed by atoms with Crippen LogP contribution in [0, 0.1) is 13.8 Å². The van der Waals surface area contributed by atoms with Crippen molar-refractivity contribution in [3.63, 3.8) is 0 Å². The third kappa shape index (κ3) is 2.56. The van der Waals surface area contributed by atoms with E-state index in [2.05, 4.69) is 33.7 Å². The van der Waals surface area contributed by atoms with Gasteiger partial charge in [0.25, 0.3) is 0 Å². The third-order valence-corrected chi connectivity index (χ3v) is 4.10. The van der Waals surface area contributed by atoms with Gasteiger partial charge in [0.2, 0.25) is 0 Å². The molecule has 17 heavy (non-hydrogen) atoms. The number of thiazole rings is 1. The van der Waals surface area contributed by atoms with Crippen LogP contribution in [-0.2, 0) is 13.5 Å². The highest BCUT2D eigenvalue weighted by Gasteiger charge is 2.17. The van der Waals surface area contributed by atoms with E-state index in [0.717, 1.165) is 22.9 Å². The lowest BCUT2D eigenvalue weighted by molar-refractivity contribution is 0.568. The minimum Gasteiger partial charge on any atom is -0.338 e. The van der Waals surface area contributed by atoms with Gasteiger partial charge in [0, 0.05) is 30.7 Å². The van der Waals surface area contributed by atoms with Gasteiger partial charge in [-0.25, -0.2) is 9.97 Å². The molecule has 0 bridgehead atoms. The zero-order chi connectivity index (χ0) is 12.4. The van der Waals surface area contributed by atoms with Crippen molar-refractivity contribution in [1.29, 1.82) is 0 Å². The third-order valence-electron chi connectivity index (χ3n) is 2.91. The quantitative estimate of drug-likeness (QED) is 0.902. The van der Waals surface area contributed by atoms with E-state index in [4.69, 9.17) is 0 Å². The summed E-state index contributed by atoms with van der Waals surface area (Å²) >= 11 is 1.76. The van der Waals surface area contributed by atoms with Gasteiger partial charge < -0.3 is 9.88 Å². The predicted octanol–water partition coefficient (Wildman–Crippen LogP) is 2.00. The maximum Gasteiger partial charge on any atom is 0.110 e. The van der Waals surface area contributed by atoms with Crippen LogP contribution < -0.4 is 5.32 Å². The molecule has 0 saturated carbocycles. The first kappa shape index (κ1) is 12.3. The highest BCUT2D eigenvalue weighted by molar-refractivity contribution is 7.11. The predicted molar refractivity (Wildman–Crippen MR) is 70.3 cm³/mol. The molecule has 0 fully saturated rings. The Kier molecular flexibility index (Phi) is 3.59. The number of nitrogens with zero attached hydrogens (tertiary/aromatic N) is 3. The van der Waals surface area contributed by atoms with E-state index < -0.39 is 0 Å². The molecular weight excluding hydrogens is 232 g/mol. The summed E-state index contributed by atoms with van der Waals surface area (Å²) in [6.45, 7) is 4.12. The lowest BCUT2D eigenvalue weighted by Gasteiger charge is -2.14. The number of aryl methyl sites for hydroxylation is 3. The molecule has 0 radical (unpaired) electrons. The van der Waals surface area contributed by atoms with Gasteiger partial charge in [-0.1, -0.05) is 0 Å². The molecule has 0 aliphatic rings. The van der Waals surface area contributed by atoms with Crippen LogP contribution in [0.4, 0.5) is 0 Å². The molecule has 1 N–H and O–H groups in total. The second kappa shape index (κ2) is 4.98. The highest BCUT2D eigenvalue weighted by atomic mass is 32.1. The van der Waals surface area contributed by atoms with Gasteiger partial charge in [-0.05, 0) is 20.9 Å². The molecule has 2 aromatic heterocycles. The zero-order valence-corrected chi connectivity index (χ0v) is 11.5. The van der Waals surface area contributed by atoms with Crippen molar-refractivity contribution < 1.29 is 0 Å². The molecule has 0 aliphatic carbocycles. The van der Waals surface area contributed by atoms with Crippen molar-refractivity contribution in [2.45, 2.75) is 26.3 Å². The number of nitrogens with one attached hydrogen (secondary N) is 1. The van der Waals surface area contributed by atoms with E-state index in [1.54, 1.807) is 11.3 Å². The Morgan fingerprint density at radius 1 is 1.47 bits per heavy atom. The zero-order valence-electron chi connectivity index (χ0n) is 10.7. The summed E-state index contributed by atoms with van der Waals surface area (Å²) in [5, 5.41) is 4.48. The van der Waals surface area contributed by atoms with Crippen molar-refractivity contribution in [2.24, 2.45) is 7.05 Å². The molecule has 0 saturated heterocycles. The van der Waals surface area contributed by atoms with Crippen molar-refractivity contribution in [1.82, 2.24) is 19.9 Å². The van der Waals surface area contributed by atoms with E-state index >= 15 is 0 Å². The monoisotopic (exact) mass is 250 g/mol. The molecule has 1 unspecified atom stereocenters. The fraction of sp³-hybridized carbons (Fsp3) is 0.500. The van der Waals surface area contributed by atoms with Crippen LogP contribution in [0.1, 0.15) is 27.4 Å². The fourth-order valence-electron chi connectivity index (χ4n) is 1.97. The molecule has 0 aliphatic heterocycles. The number of hydrogen-bond donors (Lipinski definition) is 1. The summed E-state index contributed by atoms with van der Waals surface area (Å²) in [5.74, 6) is 1.09. The summed E-state index contributed by atoms with van der Waals surface area (Å²) in [5.41, 5.74) is 1.13. The minimum absolute atomic E-state index is 0.294. The fourth-order valence-corrected chi connectivity index (χ4v) is 3.01. The van der Waals surface area contributed by atoms with Crippen molar-refractivity contribution in [3.05, 3.63) is 33.8 Å². The van der Waals surface area contributed by atoms with E-state index in [0.29, 0.717) is 6.04 Å². The number of imidazole rings is 1. The Bertz CT molecular complexity index is 500. The molecular formula is C12H18N4S. The van der Waals surface area contributed by atoms with Crippen LogP contribution >= 0.6 is 11.3 Å². The second-order valence-electron chi connectivity index (χ2n) is 4.18. The molecule has 92 valence electrons. The number of hydrogen-bond acceptors (Lipinski definition) is 4. The Balaban J connectivity index is 2.23. The molecule has 5 heteroatoms. The summed E-state index contributed by atoms with van der Waals surface area (Å²) in [6.07, 6.45) is 4.71. The summed E-state index contributed by atoms with van der Waals surface area (Å²) in [6, 6.07) is 0.294. The topological polar surface area (TPSA) is 42.7 Å². The molecule has 0 spiro atoms. The molecule has 4 nitrogen and oxygen atoms in total. The van der Waals surface area contributed by atoms with Crippen LogP contribution in [0.15, 0.2) is 12.4 Å². The van der Waals surface area contributed by atoms with Gasteiger partial charge in [0.15, 0.2) is 0 Å². The van der Waals surface area contributed by atoms with E-state index in [1.165, 1.54) is 4.88 Å². The Labute approximate surface area is 106 Å². The molecule has 2 heterocycles. The SMILES string of the molecule is CNC(Cc1nccn1C)c1sc(C)nc1C.